The highest BCUT2D eigenvalue weighted by Crippen LogP contribution is 2.63. The number of rotatable bonds is 4. The van der Waals surface area contributed by atoms with Gasteiger partial charge in [-0.25, -0.2) is 0 Å². The van der Waals surface area contributed by atoms with Gasteiger partial charge in [-0.15, -0.1) is 0 Å². The summed E-state index contributed by atoms with van der Waals surface area (Å²) in [5.41, 5.74) is 0. The van der Waals surface area contributed by atoms with E-state index in [1.54, 1.807) is 6.92 Å². The Morgan fingerprint density at radius 1 is 1.00 bits per heavy atom. The first-order chi connectivity index (χ1) is 7.71. The molecule has 0 aromatic carbocycles. The quantitative estimate of drug-likeness (QED) is 0.584. The molecule has 2 rings (SSSR count). The van der Waals surface area contributed by atoms with Crippen molar-refractivity contribution in [1.82, 2.24) is 0 Å². The van der Waals surface area contributed by atoms with Crippen LogP contribution < -0.4 is 0 Å². The molecule has 0 aromatic heterocycles. The molecule has 4 heteroatoms. The predicted octanol–water partition coefficient (Wildman–Crippen LogP) is 2.14. The van der Waals surface area contributed by atoms with Gasteiger partial charge in [-0.05, 0) is 28.6 Å². The van der Waals surface area contributed by atoms with Crippen LogP contribution in [0.4, 0.5) is 0 Å². The fraction of sp³-hybridized carbons (Fsp3) is 0.333. The van der Waals surface area contributed by atoms with E-state index < -0.39 is 32.0 Å². The van der Waals surface area contributed by atoms with Crippen molar-refractivity contribution >= 4 is 21.8 Å². The van der Waals surface area contributed by atoms with Crippen LogP contribution in [0.1, 0.15) is 6.92 Å². The molecule has 16 heavy (non-hydrogen) atoms. The fourth-order valence-electron chi connectivity index (χ4n) is 2.05. The van der Waals surface area contributed by atoms with Crippen LogP contribution in [-0.4, -0.2) is 27.0 Å². The van der Waals surface area contributed by atoms with E-state index in [-0.39, 0.29) is 6.61 Å². The summed E-state index contributed by atoms with van der Waals surface area (Å²) in [7, 11) is -1.16. The molecule has 0 aliphatic carbocycles. The summed E-state index contributed by atoms with van der Waals surface area (Å²) in [6, 6.07) is 0. The molecule has 1 atom stereocenters. The molecule has 90 valence electrons. The summed E-state index contributed by atoms with van der Waals surface area (Å²) in [6.45, 7) is 1.83. The SMILES string of the molecule is CC(O)C(CO)([SH]1C=CC=C1)[SH]1C=CC=C1. The Morgan fingerprint density at radius 2 is 1.38 bits per heavy atom. The van der Waals surface area contributed by atoms with Crippen molar-refractivity contribution in [3.8, 4) is 0 Å². The van der Waals surface area contributed by atoms with Crippen LogP contribution in [0.2, 0.25) is 0 Å². The topological polar surface area (TPSA) is 40.5 Å². The van der Waals surface area contributed by atoms with Crippen molar-refractivity contribution in [3.05, 3.63) is 45.9 Å². The van der Waals surface area contributed by atoms with Gasteiger partial charge in [0.05, 0.1) is 16.8 Å². The maximum absolute atomic E-state index is 10.1. The molecule has 2 nitrogen and oxygen atoms in total. The van der Waals surface area contributed by atoms with Crippen LogP contribution in [0, 0.1) is 0 Å². The summed E-state index contributed by atoms with van der Waals surface area (Å²) < 4.78 is -0.405. The highest BCUT2D eigenvalue weighted by Gasteiger charge is 2.43. The number of aliphatic hydroxyl groups is 2. The Hall–Kier alpha value is -0.420. The summed E-state index contributed by atoms with van der Waals surface area (Å²) in [5.74, 6) is 0. The van der Waals surface area contributed by atoms with Gasteiger partial charge in [0.25, 0.3) is 0 Å². The Labute approximate surface area is 102 Å². The van der Waals surface area contributed by atoms with Gasteiger partial charge in [-0.1, -0.05) is 24.3 Å². The molecule has 0 saturated heterocycles. The first kappa shape index (κ1) is 12.0. The van der Waals surface area contributed by atoms with E-state index in [0.717, 1.165) is 0 Å². The fourth-order valence-corrected chi connectivity index (χ4v) is 7.47. The number of allylic oxidation sites excluding steroid dienone is 4. The van der Waals surface area contributed by atoms with E-state index in [0.29, 0.717) is 0 Å². The van der Waals surface area contributed by atoms with E-state index in [1.807, 2.05) is 24.3 Å². The monoisotopic (exact) mass is 258 g/mol. The van der Waals surface area contributed by atoms with Crippen LogP contribution in [0.3, 0.4) is 0 Å². The van der Waals surface area contributed by atoms with Gasteiger partial charge in [-0.2, -0.15) is 21.8 Å². The molecule has 0 saturated carbocycles. The summed E-state index contributed by atoms with van der Waals surface area (Å²) >= 11 is 0. The standard InChI is InChI=1S/C12H18O2S2/c1-11(14)12(10-13,15-6-2-3-7-15)16-8-4-5-9-16/h2-9,11,13-16H,10H2,1H3. The van der Waals surface area contributed by atoms with Gasteiger partial charge in [0.15, 0.2) is 0 Å². The van der Waals surface area contributed by atoms with Crippen LogP contribution in [0.5, 0.6) is 0 Å². The lowest BCUT2D eigenvalue weighted by atomic mass is 10.3. The van der Waals surface area contributed by atoms with Gasteiger partial charge in [-0.3, -0.25) is 0 Å². The second kappa shape index (κ2) is 4.84. The van der Waals surface area contributed by atoms with Crippen molar-refractivity contribution in [3.63, 3.8) is 0 Å². The van der Waals surface area contributed by atoms with Gasteiger partial charge < -0.3 is 10.2 Å². The first-order valence-corrected chi connectivity index (χ1v) is 8.23. The zero-order valence-electron chi connectivity index (χ0n) is 9.19. The molecule has 0 radical (unpaired) electrons. The molecule has 0 bridgehead atoms. The van der Waals surface area contributed by atoms with Gasteiger partial charge in [0, 0.05) is 0 Å². The maximum atomic E-state index is 10.1. The Bertz CT molecular complexity index is 317. The smallest absolute Gasteiger partial charge is 0.0877 e. The molecule has 0 spiro atoms. The molecule has 1 unspecified atom stereocenters. The molecular formula is C12H18O2S2. The average Bonchev–Trinajstić information content (AvgIpc) is 2.89. The summed E-state index contributed by atoms with van der Waals surface area (Å²) in [6.07, 6.45) is 7.54. The van der Waals surface area contributed by atoms with Crippen LogP contribution in [0.15, 0.2) is 45.9 Å². The Kier molecular flexibility index (Phi) is 3.64. The molecule has 0 fully saturated rings. The highest BCUT2D eigenvalue weighted by molar-refractivity contribution is 8.39. The molecule has 2 heterocycles. The number of aliphatic hydroxyl groups excluding tert-OH is 2. The van der Waals surface area contributed by atoms with Gasteiger partial charge in [0.2, 0.25) is 0 Å². The Morgan fingerprint density at radius 3 is 1.62 bits per heavy atom. The second-order valence-electron chi connectivity index (χ2n) is 3.89. The number of hydrogen-bond acceptors (Lipinski definition) is 2. The van der Waals surface area contributed by atoms with Crippen molar-refractivity contribution in [2.24, 2.45) is 0 Å². The lowest BCUT2D eigenvalue weighted by Gasteiger charge is -2.46. The van der Waals surface area contributed by atoms with E-state index in [2.05, 4.69) is 21.6 Å². The van der Waals surface area contributed by atoms with Gasteiger partial charge >= 0.3 is 0 Å². The third kappa shape index (κ3) is 1.80. The molecule has 0 amide bonds. The van der Waals surface area contributed by atoms with Crippen molar-refractivity contribution < 1.29 is 10.2 Å². The van der Waals surface area contributed by atoms with Gasteiger partial charge in [0.1, 0.15) is 0 Å². The Balaban J connectivity index is 2.37. The third-order valence-corrected chi connectivity index (χ3v) is 9.18. The average molecular weight is 258 g/mol. The summed E-state index contributed by atoms with van der Waals surface area (Å²) in [4.78, 5) is 0. The number of thiol groups is 2. The minimum Gasteiger partial charge on any atom is -0.394 e. The maximum Gasteiger partial charge on any atom is 0.0877 e. The van der Waals surface area contributed by atoms with E-state index in [4.69, 9.17) is 0 Å². The number of hydrogen-bond donors (Lipinski definition) is 4. The highest BCUT2D eigenvalue weighted by atomic mass is 32.3. The summed E-state index contributed by atoms with van der Waals surface area (Å²) in [5, 5.41) is 28.4. The minimum atomic E-state index is -0.578. The molecule has 2 aliphatic heterocycles. The third-order valence-electron chi connectivity index (χ3n) is 3.00. The van der Waals surface area contributed by atoms with E-state index in [1.165, 1.54) is 0 Å². The lowest BCUT2D eigenvalue weighted by molar-refractivity contribution is 0.142. The van der Waals surface area contributed by atoms with Crippen LogP contribution >= 0.6 is 21.8 Å². The molecule has 2 N–H and O–H groups in total. The molecule has 2 aliphatic rings. The first-order valence-electron chi connectivity index (χ1n) is 5.27. The largest absolute Gasteiger partial charge is 0.394 e. The van der Waals surface area contributed by atoms with E-state index in [9.17, 15) is 10.2 Å². The second-order valence-corrected chi connectivity index (χ2v) is 8.66. The van der Waals surface area contributed by atoms with Crippen molar-refractivity contribution in [2.75, 3.05) is 6.61 Å². The minimum absolute atomic E-state index is 0.0332. The zero-order valence-corrected chi connectivity index (χ0v) is 11.0. The molecule has 0 aromatic rings. The normalized spacial score (nSPS) is 24.7. The van der Waals surface area contributed by atoms with Crippen LogP contribution in [0.25, 0.3) is 0 Å². The molecular weight excluding hydrogens is 240 g/mol. The van der Waals surface area contributed by atoms with E-state index >= 15 is 0 Å². The van der Waals surface area contributed by atoms with Crippen molar-refractivity contribution in [2.45, 2.75) is 17.1 Å². The van der Waals surface area contributed by atoms with Crippen molar-refractivity contribution in [1.29, 1.82) is 0 Å². The lowest BCUT2D eigenvalue weighted by Crippen LogP contribution is -2.41. The van der Waals surface area contributed by atoms with Crippen LogP contribution in [-0.2, 0) is 0 Å². The predicted molar refractivity (Wildman–Crippen MR) is 76.0 cm³/mol. The zero-order chi connectivity index (χ0) is 11.6.